The van der Waals surface area contributed by atoms with Crippen LogP contribution in [0.25, 0.3) is 10.8 Å². The minimum Gasteiger partial charge on any atom is -0.282 e. The third-order valence-electron chi connectivity index (χ3n) is 3.35. The van der Waals surface area contributed by atoms with Gasteiger partial charge >= 0.3 is 10.4 Å². The third-order valence-corrected chi connectivity index (χ3v) is 6.60. The Hall–Kier alpha value is -1.57. The summed E-state index contributed by atoms with van der Waals surface area (Å²) in [7, 11) is -13.4. The van der Waals surface area contributed by atoms with E-state index >= 15 is 0 Å². The number of rotatable bonds is 6. The summed E-state index contributed by atoms with van der Waals surface area (Å²) in [5.41, 5.74) is 0.235. The van der Waals surface area contributed by atoms with E-state index in [1.807, 2.05) is 0 Å². The fraction of sp³-hybridized carbons (Fsp3) is 0.231. The first-order valence-corrected chi connectivity index (χ1v) is 11.1. The smallest absolute Gasteiger partial charge is 0.282 e. The summed E-state index contributed by atoms with van der Waals surface area (Å²) in [6, 6.07) is 6.59. The molecule has 0 unspecified atom stereocenters. The van der Waals surface area contributed by atoms with Crippen molar-refractivity contribution in [2.45, 2.75) is 16.7 Å². The predicted molar refractivity (Wildman–Crippen MR) is 88.1 cm³/mol. The SMILES string of the molecule is Cc1ccc2c(S(=O)(=O)CCOS(=O)(=O)O)cccc2c1S(=O)(=O)O. The highest BCUT2D eigenvalue weighted by Crippen LogP contribution is 2.31. The van der Waals surface area contributed by atoms with Gasteiger partial charge in [-0.3, -0.25) is 9.11 Å². The van der Waals surface area contributed by atoms with E-state index < -0.39 is 47.6 Å². The van der Waals surface area contributed by atoms with Gasteiger partial charge in [-0.25, -0.2) is 12.6 Å². The molecule has 138 valence electrons. The molecule has 0 radical (unpaired) electrons. The summed E-state index contributed by atoms with van der Waals surface area (Å²) in [5.74, 6) is -0.763. The molecule has 0 saturated carbocycles. The van der Waals surface area contributed by atoms with Crippen LogP contribution in [0.5, 0.6) is 0 Å². The Kier molecular flexibility index (Phi) is 5.23. The number of hydrogen-bond acceptors (Lipinski definition) is 7. The largest absolute Gasteiger partial charge is 0.397 e. The zero-order valence-electron chi connectivity index (χ0n) is 12.8. The van der Waals surface area contributed by atoms with Crippen molar-refractivity contribution in [1.29, 1.82) is 0 Å². The van der Waals surface area contributed by atoms with Gasteiger partial charge in [-0.15, -0.1) is 0 Å². The highest BCUT2D eigenvalue weighted by Gasteiger charge is 2.23. The molecule has 0 aliphatic heterocycles. The molecular weight excluding hydrogens is 396 g/mol. The van der Waals surface area contributed by atoms with Gasteiger partial charge in [0.2, 0.25) is 0 Å². The van der Waals surface area contributed by atoms with Crippen LogP contribution in [-0.4, -0.2) is 46.7 Å². The highest BCUT2D eigenvalue weighted by molar-refractivity contribution is 7.91. The summed E-state index contributed by atoms with van der Waals surface area (Å²) in [4.78, 5) is -0.662. The monoisotopic (exact) mass is 410 g/mol. The van der Waals surface area contributed by atoms with E-state index in [4.69, 9.17) is 4.55 Å². The van der Waals surface area contributed by atoms with Gasteiger partial charge in [-0.1, -0.05) is 24.3 Å². The van der Waals surface area contributed by atoms with Crippen molar-refractivity contribution in [3.63, 3.8) is 0 Å². The van der Waals surface area contributed by atoms with Crippen molar-refractivity contribution < 1.29 is 38.5 Å². The normalized spacial score (nSPS) is 13.2. The van der Waals surface area contributed by atoms with Crippen molar-refractivity contribution >= 4 is 41.1 Å². The Bertz CT molecular complexity index is 1130. The Morgan fingerprint density at radius 2 is 1.56 bits per heavy atom. The molecule has 2 aromatic carbocycles. The van der Waals surface area contributed by atoms with Crippen LogP contribution in [0, 0.1) is 6.92 Å². The van der Waals surface area contributed by atoms with Crippen LogP contribution >= 0.6 is 0 Å². The number of aryl methyl sites for hydroxylation is 1. The van der Waals surface area contributed by atoms with Crippen molar-refractivity contribution in [3.8, 4) is 0 Å². The Labute approximate surface area is 144 Å². The average molecular weight is 410 g/mol. The molecule has 0 aromatic heterocycles. The zero-order valence-corrected chi connectivity index (χ0v) is 15.2. The van der Waals surface area contributed by atoms with E-state index in [1.54, 1.807) is 0 Å². The molecular formula is C13H14O9S3. The van der Waals surface area contributed by atoms with E-state index in [2.05, 4.69) is 4.18 Å². The molecule has 0 spiro atoms. The summed E-state index contributed by atoms with van der Waals surface area (Å²) >= 11 is 0. The maximum Gasteiger partial charge on any atom is 0.397 e. The second kappa shape index (κ2) is 6.63. The summed E-state index contributed by atoms with van der Waals surface area (Å²) in [6.45, 7) is 0.637. The van der Waals surface area contributed by atoms with Crippen LogP contribution in [0.4, 0.5) is 0 Å². The first-order chi connectivity index (χ1) is 11.3. The molecule has 0 atom stereocenters. The van der Waals surface area contributed by atoms with Gasteiger partial charge in [-0.2, -0.15) is 16.8 Å². The van der Waals surface area contributed by atoms with E-state index in [-0.39, 0.29) is 21.2 Å². The first kappa shape index (κ1) is 19.8. The van der Waals surface area contributed by atoms with Crippen molar-refractivity contribution in [2.75, 3.05) is 12.4 Å². The molecule has 0 heterocycles. The Morgan fingerprint density at radius 1 is 0.920 bits per heavy atom. The first-order valence-electron chi connectivity index (χ1n) is 6.67. The second-order valence-corrected chi connectivity index (χ2v) is 9.63. The number of sulfone groups is 1. The standard InChI is InChI=1S/C13H14O9S3/c1-9-5-6-10-11(13(9)24(16,17)18)3-2-4-12(10)23(14,15)8-7-22-25(19,20)21/h2-6H,7-8H2,1H3,(H,16,17,18)(H,19,20,21). The lowest BCUT2D eigenvalue weighted by Gasteiger charge is -2.12. The van der Waals surface area contributed by atoms with Crippen LogP contribution < -0.4 is 0 Å². The van der Waals surface area contributed by atoms with Crippen LogP contribution in [-0.2, 0) is 34.5 Å². The van der Waals surface area contributed by atoms with E-state index in [0.717, 1.165) is 0 Å². The van der Waals surface area contributed by atoms with Crippen molar-refractivity contribution in [2.24, 2.45) is 0 Å². The second-order valence-electron chi connectivity index (χ2n) is 5.11. The Balaban J connectivity index is 2.60. The quantitative estimate of drug-likeness (QED) is 0.664. The maximum atomic E-state index is 12.4. The molecule has 2 aromatic rings. The van der Waals surface area contributed by atoms with Gasteiger partial charge < -0.3 is 0 Å². The molecule has 9 nitrogen and oxygen atoms in total. The van der Waals surface area contributed by atoms with Gasteiger partial charge in [0.05, 0.1) is 17.3 Å². The zero-order chi connectivity index (χ0) is 19.0. The van der Waals surface area contributed by atoms with E-state index in [1.165, 1.54) is 37.3 Å². The van der Waals surface area contributed by atoms with Crippen molar-refractivity contribution in [3.05, 3.63) is 35.9 Å². The molecule has 0 bridgehead atoms. The molecule has 0 saturated heterocycles. The molecule has 2 rings (SSSR count). The van der Waals surface area contributed by atoms with Crippen molar-refractivity contribution in [1.82, 2.24) is 0 Å². The molecule has 12 heteroatoms. The molecule has 0 aliphatic carbocycles. The van der Waals surface area contributed by atoms with Gasteiger partial charge in [0, 0.05) is 10.8 Å². The average Bonchev–Trinajstić information content (AvgIpc) is 2.43. The van der Waals surface area contributed by atoms with Gasteiger partial charge in [0.25, 0.3) is 10.1 Å². The van der Waals surface area contributed by atoms with Crippen LogP contribution in [0.2, 0.25) is 0 Å². The van der Waals surface area contributed by atoms with E-state index in [9.17, 15) is 29.8 Å². The Morgan fingerprint density at radius 3 is 2.12 bits per heavy atom. The lowest BCUT2D eigenvalue weighted by molar-refractivity contribution is 0.284. The van der Waals surface area contributed by atoms with Gasteiger partial charge in [0.15, 0.2) is 9.84 Å². The molecule has 0 amide bonds. The molecule has 25 heavy (non-hydrogen) atoms. The number of hydrogen-bond donors (Lipinski definition) is 2. The predicted octanol–water partition coefficient (Wildman–Crippen LogP) is 0.988. The lowest BCUT2D eigenvalue weighted by Crippen LogP contribution is -2.16. The lowest BCUT2D eigenvalue weighted by atomic mass is 10.1. The van der Waals surface area contributed by atoms with E-state index in [0.29, 0.717) is 0 Å². The van der Waals surface area contributed by atoms with Crippen LogP contribution in [0.1, 0.15) is 5.56 Å². The molecule has 2 N–H and O–H groups in total. The molecule has 0 fully saturated rings. The third kappa shape index (κ3) is 4.54. The van der Waals surface area contributed by atoms with Crippen LogP contribution in [0.15, 0.2) is 40.1 Å². The minimum atomic E-state index is -4.78. The molecule has 0 aliphatic rings. The summed E-state index contributed by atoms with van der Waals surface area (Å²) < 4.78 is 90.9. The van der Waals surface area contributed by atoms with Gasteiger partial charge in [-0.05, 0) is 18.6 Å². The maximum absolute atomic E-state index is 12.4. The summed E-state index contributed by atoms with van der Waals surface area (Å²) in [6.07, 6.45) is 0. The summed E-state index contributed by atoms with van der Waals surface area (Å²) in [5, 5.41) is 0.0619. The number of fused-ring (bicyclic) bond motifs is 1. The number of benzene rings is 2. The minimum absolute atomic E-state index is 0.0132. The van der Waals surface area contributed by atoms with Gasteiger partial charge in [0.1, 0.15) is 4.90 Å². The fourth-order valence-electron chi connectivity index (χ4n) is 2.38. The topological polar surface area (TPSA) is 152 Å². The highest BCUT2D eigenvalue weighted by atomic mass is 32.3. The van der Waals surface area contributed by atoms with Crippen LogP contribution in [0.3, 0.4) is 0 Å². The fourth-order valence-corrected chi connectivity index (χ4v) is 5.03.